The van der Waals surface area contributed by atoms with Gasteiger partial charge in [0.05, 0.1) is 22.9 Å². The number of aromatic hydroxyl groups is 1. The fourth-order valence-corrected chi connectivity index (χ4v) is 4.62. The van der Waals surface area contributed by atoms with Gasteiger partial charge < -0.3 is 25.2 Å². The number of pyridine rings is 1. The first-order valence-corrected chi connectivity index (χ1v) is 12.3. The Morgan fingerprint density at radius 3 is 2.24 bits per heavy atom. The lowest BCUT2D eigenvalue weighted by Gasteiger charge is -2.22. The maximum absolute atomic E-state index is 12.9. The van der Waals surface area contributed by atoms with Crippen molar-refractivity contribution in [3.05, 3.63) is 54.2 Å². The van der Waals surface area contributed by atoms with Crippen LogP contribution in [0.4, 0.5) is 0 Å². The van der Waals surface area contributed by atoms with Gasteiger partial charge in [0.1, 0.15) is 4.90 Å². The molecule has 0 saturated heterocycles. The van der Waals surface area contributed by atoms with Gasteiger partial charge in [0.2, 0.25) is 10.0 Å². The standard InChI is InChI=1S/C20H23N5O3S.C4H4O4/c1-4-25(10-9-24(2)3)29(27,28)15-6-8-18(22-13-15)19-16-11-14(12-21)5-7-17(16)23-20(19)26;5-3(6)1-2-4(7)8/h5-8,11,13,23,26H,4,9-10H2,1-3H3;1-2H,(H,5,6)(H,7,8)/b;2-1+. The second-order valence-corrected chi connectivity index (χ2v) is 9.85. The van der Waals surface area contributed by atoms with Crippen LogP contribution in [0, 0.1) is 11.3 Å². The number of aliphatic carboxylic acids is 2. The molecular weight excluding hydrogens is 502 g/mol. The van der Waals surface area contributed by atoms with Crippen LogP contribution in [0.3, 0.4) is 0 Å². The number of aromatic amines is 1. The van der Waals surface area contributed by atoms with Crippen LogP contribution in [0.15, 0.2) is 53.6 Å². The van der Waals surface area contributed by atoms with E-state index in [1.165, 1.54) is 16.6 Å². The number of rotatable bonds is 9. The molecule has 0 aliphatic rings. The van der Waals surface area contributed by atoms with Gasteiger partial charge in [-0.15, -0.1) is 0 Å². The molecule has 13 heteroatoms. The van der Waals surface area contributed by atoms with Gasteiger partial charge >= 0.3 is 11.9 Å². The van der Waals surface area contributed by atoms with E-state index in [4.69, 9.17) is 15.5 Å². The van der Waals surface area contributed by atoms with E-state index in [0.29, 0.717) is 59.5 Å². The van der Waals surface area contributed by atoms with Crippen LogP contribution < -0.4 is 0 Å². The normalized spacial score (nSPS) is 11.5. The quantitative estimate of drug-likeness (QED) is 0.299. The first-order valence-electron chi connectivity index (χ1n) is 10.9. The molecule has 0 radical (unpaired) electrons. The molecule has 2 heterocycles. The minimum absolute atomic E-state index is 0.0839. The predicted molar refractivity (Wildman–Crippen MR) is 135 cm³/mol. The molecule has 3 rings (SSSR count). The van der Waals surface area contributed by atoms with E-state index in [2.05, 4.69) is 16.0 Å². The fourth-order valence-electron chi connectivity index (χ4n) is 3.24. The molecule has 12 nitrogen and oxygen atoms in total. The third-order valence-electron chi connectivity index (χ3n) is 5.06. The number of hydrogen-bond donors (Lipinski definition) is 4. The summed E-state index contributed by atoms with van der Waals surface area (Å²) in [5, 5.41) is 35.7. The average Bonchev–Trinajstić information content (AvgIpc) is 3.18. The Balaban J connectivity index is 0.000000521. The van der Waals surface area contributed by atoms with Crippen LogP contribution in [-0.4, -0.2) is 88.6 Å². The van der Waals surface area contributed by atoms with Crippen molar-refractivity contribution in [2.45, 2.75) is 11.8 Å². The number of carboxylic acid groups (broad SMARTS) is 2. The zero-order valence-electron chi connectivity index (χ0n) is 20.4. The third kappa shape index (κ3) is 7.61. The molecule has 0 fully saturated rings. The number of carboxylic acids is 2. The third-order valence-corrected chi connectivity index (χ3v) is 7.01. The second kappa shape index (κ2) is 12.6. The van der Waals surface area contributed by atoms with Crippen molar-refractivity contribution >= 4 is 32.9 Å². The minimum Gasteiger partial charge on any atom is -0.494 e. The zero-order valence-corrected chi connectivity index (χ0v) is 21.2. The molecule has 196 valence electrons. The Kier molecular flexibility index (Phi) is 9.90. The van der Waals surface area contributed by atoms with Crippen molar-refractivity contribution in [2.75, 3.05) is 33.7 Å². The highest BCUT2D eigenvalue weighted by molar-refractivity contribution is 7.89. The molecule has 0 atom stereocenters. The zero-order chi connectivity index (χ0) is 27.8. The van der Waals surface area contributed by atoms with Crippen LogP contribution in [0.1, 0.15) is 12.5 Å². The lowest BCUT2D eigenvalue weighted by molar-refractivity contribution is -0.134. The molecule has 2 aromatic heterocycles. The Labute approximate surface area is 213 Å². The van der Waals surface area contributed by atoms with Gasteiger partial charge in [0.15, 0.2) is 5.88 Å². The van der Waals surface area contributed by atoms with Crippen LogP contribution in [0.2, 0.25) is 0 Å². The molecule has 0 amide bonds. The van der Waals surface area contributed by atoms with Crippen molar-refractivity contribution in [2.24, 2.45) is 0 Å². The number of likely N-dealkylation sites (N-methyl/N-ethyl adjacent to an activating group) is 2. The van der Waals surface area contributed by atoms with Crippen LogP contribution >= 0.6 is 0 Å². The Hall–Kier alpha value is -4.25. The van der Waals surface area contributed by atoms with E-state index >= 15 is 0 Å². The summed E-state index contributed by atoms with van der Waals surface area (Å²) in [5.41, 5.74) is 1.97. The fraction of sp³-hybridized carbons (Fsp3) is 0.250. The summed E-state index contributed by atoms with van der Waals surface area (Å²) in [6, 6.07) is 10.1. The highest BCUT2D eigenvalue weighted by Gasteiger charge is 2.24. The van der Waals surface area contributed by atoms with Crippen LogP contribution in [-0.2, 0) is 19.6 Å². The minimum atomic E-state index is -3.66. The molecule has 0 unspecified atom stereocenters. The topological polar surface area (TPSA) is 188 Å². The largest absolute Gasteiger partial charge is 0.494 e. The number of sulfonamides is 1. The Morgan fingerprint density at radius 2 is 1.76 bits per heavy atom. The second-order valence-electron chi connectivity index (χ2n) is 7.91. The molecular formula is C24H27N5O7S. The van der Waals surface area contributed by atoms with E-state index in [1.54, 1.807) is 31.2 Å². The molecule has 0 aliphatic carbocycles. The SMILES string of the molecule is CCN(CCN(C)C)S(=O)(=O)c1ccc(-c2c(O)[nH]c3ccc(C#N)cc23)nc1.O=C(O)/C=C/C(=O)O. The molecule has 3 aromatic rings. The van der Waals surface area contributed by atoms with Gasteiger partial charge in [-0.1, -0.05) is 6.92 Å². The van der Waals surface area contributed by atoms with Crippen molar-refractivity contribution < 1.29 is 33.3 Å². The average molecular weight is 530 g/mol. The van der Waals surface area contributed by atoms with Crippen molar-refractivity contribution in [3.63, 3.8) is 0 Å². The molecule has 0 spiro atoms. The number of hydrogen-bond acceptors (Lipinski definition) is 8. The van der Waals surface area contributed by atoms with E-state index in [-0.39, 0.29) is 10.8 Å². The number of nitrogens with one attached hydrogen (secondary N) is 1. The number of carbonyl (C=O) groups is 2. The number of nitrogens with zero attached hydrogens (tertiary/aromatic N) is 4. The molecule has 0 aliphatic heterocycles. The first-order chi connectivity index (χ1) is 17.4. The summed E-state index contributed by atoms with van der Waals surface area (Å²) < 4.78 is 27.2. The van der Waals surface area contributed by atoms with Crippen molar-refractivity contribution in [1.82, 2.24) is 19.2 Å². The Morgan fingerprint density at radius 1 is 1.11 bits per heavy atom. The maximum Gasteiger partial charge on any atom is 0.328 e. The van der Waals surface area contributed by atoms with E-state index in [0.717, 1.165) is 0 Å². The Bertz CT molecular complexity index is 1420. The van der Waals surface area contributed by atoms with Gasteiger partial charge in [0, 0.05) is 48.9 Å². The molecule has 0 bridgehead atoms. The van der Waals surface area contributed by atoms with Crippen LogP contribution in [0.5, 0.6) is 5.88 Å². The number of benzene rings is 1. The van der Waals surface area contributed by atoms with Gasteiger partial charge in [-0.25, -0.2) is 18.0 Å². The van der Waals surface area contributed by atoms with Crippen LogP contribution in [0.25, 0.3) is 22.2 Å². The lowest BCUT2D eigenvalue weighted by Crippen LogP contribution is -2.36. The summed E-state index contributed by atoms with van der Waals surface area (Å²) in [6.07, 6.45) is 2.42. The summed E-state index contributed by atoms with van der Waals surface area (Å²) in [7, 11) is 0.117. The van der Waals surface area contributed by atoms with Gasteiger partial charge in [-0.05, 0) is 44.4 Å². The molecule has 1 aromatic carbocycles. The molecule has 37 heavy (non-hydrogen) atoms. The van der Waals surface area contributed by atoms with E-state index in [9.17, 15) is 23.1 Å². The highest BCUT2D eigenvalue weighted by atomic mass is 32.2. The molecule has 4 N–H and O–H groups in total. The van der Waals surface area contributed by atoms with Gasteiger partial charge in [-0.2, -0.15) is 9.57 Å². The number of nitriles is 1. The predicted octanol–water partition coefficient (Wildman–Crippen LogP) is 2.09. The highest BCUT2D eigenvalue weighted by Crippen LogP contribution is 2.36. The van der Waals surface area contributed by atoms with Gasteiger partial charge in [-0.3, -0.25) is 4.98 Å². The van der Waals surface area contributed by atoms with E-state index in [1.807, 2.05) is 19.0 Å². The summed E-state index contributed by atoms with van der Waals surface area (Å²) in [5.74, 6) is -2.60. The maximum atomic E-state index is 12.9. The summed E-state index contributed by atoms with van der Waals surface area (Å²) in [6.45, 7) is 3.15. The van der Waals surface area contributed by atoms with E-state index < -0.39 is 22.0 Å². The number of fused-ring (bicyclic) bond motifs is 1. The number of aromatic nitrogens is 2. The monoisotopic (exact) mass is 529 g/mol. The van der Waals surface area contributed by atoms with Crippen molar-refractivity contribution in [3.8, 4) is 23.2 Å². The lowest BCUT2D eigenvalue weighted by atomic mass is 10.1. The van der Waals surface area contributed by atoms with Gasteiger partial charge in [0.25, 0.3) is 0 Å². The van der Waals surface area contributed by atoms with Crippen molar-refractivity contribution in [1.29, 1.82) is 5.26 Å². The number of H-pyrrole nitrogens is 1. The first kappa shape index (κ1) is 29.0. The summed E-state index contributed by atoms with van der Waals surface area (Å²) >= 11 is 0. The smallest absolute Gasteiger partial charge is 0.328 e. The summed E-state index contributed by atoms with van der Waals surface area (Å²) in [4.78, 5) is 28.3. The molecule has 0 saturated carbocycles.